The number of fused-ring (bicyclic) bond motifs is 5. The van der Waals surface area contributed by atoms with Crippen LogP contribution >= 0.6 is 0 Å². The summed E-state index contributed by atoms with van der Waals surface area (Å²) in [5.41, 5.74) is 2.87. The number of oxime groups is 1. The largest absolute Gasteiger partial charge is 0.496 e. The lowest BCUT2D eigenvalue weighted by Gasteiger charge is -2.19. The first kappa shape index (κ1) is 42.5. The first-order valence-corrected chi connectivity index (χ1v) is 19.3. The Hall–Kier alpha value is -6.11. The average molecular weight is 815 g/mol. The predicted octanol–water partition coefficient (Wildman–Crippen LogP) is 11.0. The number of ketones is 1. The Morgan fingerprint density at radius 2 is 1.46 bits per heavy atom. The fraction of sp³-hybridized carbons (Fsp3) is 0.326. The lowest BCUT2D eigenvalue weighted by molar-refractivity contribution is -0.148. The maximum absolute atomic E-state index is 14.9. The van der Waals surface area contributed by atoms with Gasteiger partial charge in [0.15, 0.2) is 6.61 Å². The molecule has 0 aliphatic carbocycles. The minimum absolute atomic E-state index is 0.0261. The van der Waals surface area contributed by atoms with Gasteiger partial charge in [0.2, 0.25) is 5.78 Å². The Balaban J connectivity index is 1.65. The van der Waals surface area contributed by atoms with Gasteiger partial charge in [0.25, 0.3) is 0 Å². The summed E-state index contributed by atoms with van der Waals surface area (Å²) in [5.74, 6) is -4.40. The number of rotatable bonds is 18. The maximum Gasteiger partial charge on any atom is 0.340 e. The first-order valence-electron chi connectivity index (χ1n) is 19.3. The molecule has 0 spiro atoms. The molecule has 0 aliphatic rings. The van der Waals surface area contributed by atoms with E-state index in [9.17, 15) is 27.2 Å². The third kappa shape index (κ3) is 8.69. The fourth-order valence-corrected chi connectivity index (χ4v) is 7.42. The van der Waals surface area contributed by atoms with Crippen LogP contribution in [0.15, 0.2) is 90.1 Å². The summed E-state index contributed by atoms with van der Waals surface area (Å²) in [5, 5.41) is 7.12. The van der Waals surface area contributed by atoms with Gasteiger partial charge in [0, 0.05) is 64.0 Å². The van der Waals surface area contributed by atoms with Crippen LogP contribution in [0.3, 0.4) is 0 Å². The summed E-state index contributed by atoms with van der Waals surface area (Å²) in [4.78, 5) is 32.1. The van der Waals surface area contributed by atoms with E-state index < -0.39 is 24.9 Å². The lowest BCUT2D eigenvalue weighted by atomic mass is 9.93. The molecule has 1 atom stereocenters. The Morgan fingerprint density at radius 3 is 2.08 bits per heavy atom. The second kappa shape index (κ2) is 18.2. The van der Waals surface area contributed by atoms with Crippen LogP contribution in [0.25, 0.3) is 32.6 Å². The van der Waals surface area contributed by atoms with Gasteiger partial charge in [-0.05, 0) is 48.1 Å². The SMILES string of the molecule is CCCCC(CC)Cn1c2ccc(C(=NOC(C)=O)c3ccccc3OCC(F)(F)C(F)F)cc2c2cc(C(=O)c3c(OC)cc(OC)cc3OC)c3ccccc3c21. The molecule has 1 aromatic heterocycles. The van der Waals surface area contributed by atoms with Crippen molar-refractivity contribution in [3.05, 3.63) is 107 Å². The molecular weight excluding hydrogens is 769 g/mol. The molecule has 59 heavy (non-hydrogen) atoms. The van der Waals surface area contributed by atoms with Crippen LogP contribution in [0.4, 0.5) is 17.6 Å². The highest BCUT2D eigenvalue weighted by Gasteiger charge is 2.42. The van der Waals surface area contributed by atoms with Crippen LogP contribution in [0.2, 0.25) is 0 Å². The van der Waals surface area contributed by atoms with Gasteiger partial charge in [-0.25, -0.2) is 13.6 Å². The van der Waals surface area contributed by atoms with Gasteiger partial charge in [-0.1, -0.05) is 80.7 Å². The summed E-state index contributed by atoms with van der Waals surface area (Å²) < 4.78 is 78.7. The summed E-state index contributed by atoms with van der Waals surface area (Å²) >= 11 is 0. The van der Waals surface area contributed by atoms with Crippen LogP contribution in [-0.4, -0.2) is 62.3 Å². The van der Waals surface area contributed by atoms with Crippen molar-refractivity contribution in [1.82, 2.24) is 4.57 Å². The van der Waals surface area contributed by atoms with E-state index >= 15 is 0 Å². The van der Waals surface area contributed by atoms with Gasteiger partial charge in [-0.3, -0.25) is 4.79 Å². The van der Waals surface area contributed by atoms with Crippen LogP contribution in [0, 0.1) is 5.92 Å². The zero-order valence-electron chi connectivity index (χ0n) is 33.7. The number of ether oxygens (including phenoxy) is 4. The van der Waals surface area contributed by atoms with Crippen LogP contribution in [-0.2, 0) is 16.2 Å². The van der Waals surface area contributed by atoms with Crippen LogP contribution in [0.1, 0.15) is 73.5 Å². The number of carbonyl (C=O) groups is 2. The number of alkyl halides is 4. The van der Waals surface area contributed by atoms with E-state index in [1.54, 1.807) is 24.3 Å². The highest BCUT2D eigenvalue weighted by molar-refractivity contribution is 6.27. The third-order valence-electron chi connectivity index (χ3n) is 10.5. The van der Waals surface area contributed by atoms with Crippen molar-refractivity contribution in [1.29, 1.82) is 0 Å². The number of carbonyl (C=O) groups excluding carboxylic acids is 2. The summed E-state index contributed by atoms with van der Waals surface area (Å²) in [6.45, 7) is 4.57. The third-order valence-corrected chi connectivity index (χ3v) is 10.5. The zero-order valence-corrected chi connectivity index (χ0v) is 33.7. The maximum atomic E-state index is 14.9. The van der Waals surface area contributed by atoms with Gasteiger partial charge in [0.1, 0.15) is 34.3 Å². The Kier molecular flexibility index (Phi) is 13.1. The standard InChI is InChI=1S/C46H46F4N2O7/c1-7-9-14-28(8-2)25-52-37-20-19-29(42(51-59-27(3)53)33-17-12-13-18-38(33)58-26-46(49,50)45(47)48)21-34(37)35-24-36(31-15-10-11-16-32(31)43(35)52)44(54)41-39(56-5)22-30(55-4)23-40(41)57-6/h10-13,15-24,28,45H,7-9,14,25-26H2,1-6H3. The van der Waals surface area contributed by atoms with Crippen molar-refractivity contribution < 1.29 is 50.9 Å². The van der Waals surface area contributed by atoms with Crippen molar-refractivity contribution in [3.63, 3.8) is 0 Å². The smallest absolute Gasteiger partial charge is 0.340 e. The number of nitrogens with zero attached hydrogens (tertiary/aromatic N) is 2. The van der Waals surface area contributed by atoms with Gasteiger partial charge < -0.3 is 28.4 Å². The molecule has 0 fully saturated rings. The highest BCUT2D eigenvalue weighted by atomic mass is 19.3. The molecule has 310 valence electrons. The summed E-state index contributed by atoms with van der Waals surface area (Å²) in [7, 11) is 4.44. The molecule has 6 rings (SSSR count). The van der Waals surface area contributed by atoms with Gasteiger partial charge in [-0.2, -0.15) is 8.78 Å². The Labute approximate surface area is 339 Å². The number of benzene rings is 5. The molecule has 0 aliphatic heterocycles. The number of para-hydroxylation sites is 1. The molecule has 0 bridgehead atoms. The number of methoxy groups -OCH3 is 3. The number of hydrogen-bond acceptors (Lipinski definition) is 8. The van der Waals surface area contributed by atoms with Crippen LogP contribution < -0.4 is 18.9 Å². The molecule has 0 N–H and O–H groups in total. The van der Waals surface area contributed by atoms with E-state index in [0.29, 0.717) is 34.7 Å². The van der Waals surface area contributed by atoms with Crippen molar-refractivity contribution >= 4 is 50.0 Å². The number of unbranched alkanes of at least 4 members (excludes halogenated alkanes) is 1. The fourth-order valence-electron chi connectivity index (χ4n) is 7.42. The molecule has 5 aromatic carbocycles. The average Bonchev–Trinajstić information content (AvgIpc) is 3.55. The molecule has 0 amide bonds. The van der Waals surface area contributed by atoms with E-state index in [4.69, 9.17) is 23.8 Å². The zero-order chi connectivity index (χ0) is 42.4. The number of aromatic nitrogens is 1. The topological polar surface area (TPSA) is 97.6 Å². The Morgan fingerprint density at radius 1 is 0.780 bits per heavy atom. The van der Waals surface area contributed by atoms with Gasteiger partial charge in [0.05, 0.1) is 26.8 Å². The molecule has 9 nitrogen and oxygen atoms in total. The van der Waals surface area contributed by atoms with Crippen LogP contribution in [0.5, 0.6) is 23.0 Å². The summed E-state index contributed by atoms with van der Waals surface area (Å²) in [6, 6.07) is 24.2. The molecule has 1 heterocycles. The van der Waals surface area contributed by atoms with Gasteiger partial charge >= 0.3 is 18.3 Å². The molecular formula is C46H46F4N2O7. The Bertz CT molecular complexity index is 2510. The second-order valence-electron chi connectivity index (χ2n) is 14.2. The molecule has 6 aromatic rings. The van der Waals surface area contributed by atoms with Gasteiger partial charge in [-0.15, -0.1) is 0 Å². The van der Waals surface area contributed by atoms with Crippen molar-refractivity contribution in [2.24, 2.45) is 11.1 Å². The van der Waals surface area contributed by atoms with E-state index in [-0.39, 0.29) is 39.9 Å². The lowest BCUT2D eigenvalue weighted by Crippen LogP contribution is -2.34. The highest BCUT2D eigenvalue weighted by Crippen LogP contribution is 2.42. The number of hydrogen-bond donors (Lipinski definition) is 0. The quantitative estimate of drug-likeness (QED) is 0.0280. The van der Waals surface area contributed by atoms with Crippen molar-refractivity contribution in [2.75, 3.05) is 27.9 Å². The molecule has 0 saturated carbocycles. The molecule has 13 heteroatoms. The van der Waals surface area contributed by atoms with Crippen molar-refractivity contribution in [2.45, 2.75) is 65.3 Å². The second-order valence-corrected chi connectivity index (χ2v) is 14.2. The number of halogens is 4. The first-order chi connectivity index (χ1) is 28.4. The van der Waals surface area contributed by atoms with E-state index in [1.165, 1.54) is 39.5 Å². The minimum atomic E-state index is -4.42. The van der Waals surface area contributed by atoms with Crippen molar-refractivity contribution in [3.8, 4) is 23.0 Å². The van der Waals surface area contributed by atoms with E-state index in [2.05, 4.69) is 23.6 Å². The van der Waals surface area contributed by atoms with E-state index in [0.717, 1.165) is 59.8 Å². The minimum Gasteiger partial charge on any atom is -0.496 e. The molecule has 0 saturated heterocycles. The predicted molar refractivity (Wildman–Crippen MR) is 220 cm³/mol. The monoisotopic (exact) mass is 814 g/mol. The molecule has 1 unspecified atom stereocenters. The summed E-state index contributed by atoms with van der Waals surface area (Å²) in [6.07, 6.45) is 0.113. The van der Waals surface area contributed by atoms with E-state index in [1.807, 2.05) is 42.5 Å². The molecule has 0 radical (unpaired) electrons. The normalized spacial score (nSPS) is 12.6.